The summed E-state index contributed by atoms with van der Waals surface area (Å²) in [5.41, 5.74) is 7.86. The van der Waals surface area contributed by atoms with Crippen molar-refractivity contribution in [2.24, 2.45) is 5.73 Å². The number of thiophene rings is 1. The van der Waals surface area contributed by atoms with Crippen LogP contribution in [-0.2, 0) is 0 Å². The number of methoxy groups -OCH3 is 1. The molecule has 1 atom stereocenters. The van der Waals surface area contributed by atoms with E-state index >= 15 is 0 Å². The van der Waals surface area contributed by atoms with Crippen LogP contribution in [0.15, 0.2) is 30.3 Å². The highest BCUT2D eigenvalue weighted by Crippen LogP contribution is 2.31. The summed E-state index contributed by atoms with van der Waals surface area (Å²) in [5.74, 6) is 0.791. The topological polar surface area (TPSA) is 64.3 Å². The lowest BCUT2D eigenvalue weighted by atomic mass is 10.1. The molecule has 2 rings (SSSR count). The maximum Gasteiger partial charge on any atom is 0.261 e. The van der Waals surface area contributed by atoms with Crippen molar-refractivity contribution in [1.29, 1.82) is 0 Å². The molecule has 22 heavy (non-hydrogen) atoms. The van der Waals surface area contributed by atoms with Gasteiger partial charge in [0.1, 0.15) is 5.75 Å². The molecule has 3 N–H and O–H groups in total. The Kier molecular flexibility index (Phi) is 5.57. The number of amides is 1. The van der Waals surface area contributed by atoms with Crippen LogP contribution >= 0.6 is 11.3 Å². The third-order valence-corrected chi connectivity index (χ3v) is 4.48. The molecule has 1 amide bonds. The number of aryl methyl sites for hydroxylation is 1. The van der Waals surface area contributed by atoms with Gasteiger partial charge in [-0.1, -0.05) is 12.1 Å². The largest absolute Gasteiger partial charge is 0.497 e. The second-order valence-electron chi connectivity index (χ2n) is 5.33. The molecule has 0 aliphatic rings. The summed E-state index contributed by atoms with van der Waals surface area (Å²) < 4.78 is 5.17. The SMILES string of the molecule is COc1ccc(-c2cc(C(=O)NCCC(C)N)sc2C)cc1. The quantitative estimate of drug-likeness (QED) is 0.859. The average molecular weight is 318 g/mol. The number of benzene rings is 1. The van der Waals surface area contributed by atoms with Crippen LogP contribution in [0, 0.1) is 6.92 Å². The number of nitrogens with two attached hydrogens (primary N) is 1. The minimum Gasteiger partial charge on any atom is -0.497 e. The van der Waals surface area contributed by atoms with Gasteiger partial charge in [0.05, 0.1) is 12.0 Å². The molecule has 0 aliphatic carbocycles. The molecule has 2 aromatic rings. The second kappa shape index (κ2) is 7.42. The summed E-state index contributed by atoms with van der Waals surface area (Å²) >= 11 is 1.51. The Balaban J connectivity index is 2.11. The first-order valence-electron chi connectivity index (χ1n) is 7.30. The summed E-state index contributed by atoms with van der Waals surface area (Å²) in [7, 11) is 1.65. The normalized spacial score (nSPS) is 12.0. The van der Waals surface area contributed by atoms with E-state index in [0.29, 0.717) is 6.54 Å². The fourth-order valence-electron chi connectivity index (χ4n) is 2.15. The van der Waals surface area contributed by atoms with E-state index in [1.54, 1.807) is 7.11 Å². The minimum absolute atomic E-state index is 0.0338. The van der Waals surface area contributed by atoms with Crippen molar-refractivity contribution in [2.45, 2.75) is 26.3 Å². The van der Waals surface area contributed by atoms with E-state index in [0.717, 1.165) is 33.1 Å². The fraction of sp³-hybridized carbons (Fsp3) is 0.353. The Hall–Kier alpha value is -1.85. The van der Waals surface area contributed by atoms with Gasteiger partial charge in [0.15, 0.2) is 0 Å². The molecule has 1 aromatic heterocycles. The standard InChI is InChI=1S/C17H22N2O2S/c1-11(18)8-9-19-17(20)16-10-15(12(2)22-16)13-4-6-14(21-3)7-5-13/h4-7,10-11H,8-9,18H2,1-3H3,(H,19,20). The molecular formula is C17H22N2O2S. The van der Waals surface area contributed by atoms with Crippen molar-refractivity contribution < 1.29 is 9.53 Å². The van der Waals surface area contributed by atoms with E-state index < -0.39 is 0 Å². The molecule has 4 nitrogen and oxygen atoms in total. The molecule has 0 fully saturated rings. The van der Waals surface area contributed by atoms with Crippen molar-refractivity contribution >= 4 is 17.2 Å². The minimum atomic E-state index is -0.0338. The highest BCUT2D eigenvalue weighted by atomic mass is 32.1. The summed E-state index contributed by atoms with van der Waals surface area (Å²) in [4.78, 5) is 14.0. The van der Waals surface area contributed by atoms with Crippen molar-refractivity contribution in [2.75, 3.05) is 13.7 Å². The van der Waals surface area contributed by atoms with Gasteiger partial charge >= 0.3 is 0 Å². The highest BCUT2D eigenvalue weighted by Gasteiger charge is 2.13. The van der Waals surface area contributed by atoms with Gasteiger partial charge in [-0.2, -0.15) is 0 Å². The summed E-state index contributed by atoms with van der Waals surface area (Å²) in [6.45, 7) is 4.57. The molecule has 0 spiro atoms. The number of hydrogen-bond donors (Lipinski definition) is 2. The Labute approximate surface area is 135 Å². The van der Waals surface area contributed by atoms with Gasteiger partial charge in [0.25, 0.3) is 5.91 Å². The predicted octanol–water partition coefficient (Wildman–Crippen LogP) is 3.20. The first-order valence-corrected chi connectivity index (χ1v) is 8.11. The fourth-order valence-corrected chi connectivity index (χ4v) is 3.11. The Bertz CT molecular complexity index is 633. The van der Waals surface area contributed by atoms with Gasteiger partial charge in [-0.25, -0.2) is 0 Å². The van der Waals surface area contributed by atoms with Crippen LogP contribution in [0.4, 0.5) is 0 Å². The van der Waals surface area contributed by atoms with Gasteiger partial charge in [0.2, 0.25) is 0 Å². The lowest BCUT2D eigenvalue weighted by Gasteiger charge is -2.05. The van der Waals surface area contributed by atoms with Gasteiger partial charge in [-0.15, -0.1) is 11.3 Å². The first kappa shape index (κ1) is 16.5. The van der Waals surface area contributed by atoms with E-state index in [-0.39, 0.29) is 11.9 Å². The van der Waals surface area contributed by atoms with Crippen LogP contribution in [0.1, 0.15) is 27.9 Å². The maximum atomic E-state index is 12.2. The van der Waals surface area contributed by atoms with E-state index in [1.807, 2.05) is 44.2 Å². The molecule has 1 heterocycles. The number of carbonyl (C=O) groups excluding carboxylic acids is 1. The number of ether oxygens (including phenoxy) is 1. The van der Waals surface area contributed by atoms with Crippen LogP contribution in [0.25, 0.3) is 11.1 Å². The van der Waals surface area contributed by atoms with Crippen LogP contribution in [0.2, 0.25) is 0 Å². The highest BCUT2D eigenvalue weighted by molar-refractivity contribution is 7.14. The number of hydrogen-bond acceptors (Lipinski definition) is 4. The predicted molar refractivity (Wildman–Crippen MR) is 91.6 cm³/mol. The Morgan fingerprint density at radius 1 is 1.36 bits per heavy atom. The smallest absolute Gasteiger partial charge is 0.261 e. The Morgan fingerprint density at radius 2 is 2.05 bits per heavy atom. The molecule has 0 saturated carbocycles. The second-order valence-corrected chi connectivity index (χ2v) is 6.59. The summed E-state index contributed by atoms with van der Waals surface area (Å²) in [5, 5.41) is 2.91. The van der Waals surface area contributed by atoms with E-state index in [4.69, 9.17) is 10.5 Å². The van der Waals surface area contributed by atoms with Crippen molar-refractivity contribution in [1.82, 2.24) is 5.32 Å². The molecule has 118 valence electrons. The molecule has 5 heteroatoms. The molecule has 0 bridgehead atoms. The zero-order chi connectivity index (χ0) is 16.1. The molecule has 0 saturated heterocycles. The molecule has 1 aromatic carbocycles. The number of carbonyl (C=O) groups is 1. The van der Waals surface area contributed by atoms with Crippen LogP contribution in [0.5, 0.6) is 5.75 Å². The van der Waals surface area contributed by atoms with E-state index in [2.05, 4.69) is 5.32 Å². The summed E-state index contributed by atoms with van der Waals surface area (Å²) in [6, 6.07) is 9.91. The van der Waals surface area contributed by atoms with Crippen molar-refractivity contribution in [3.05, 3.63) is 40.1 Å². The third kappa shape index (κ3) is 4.08. The van der Waals surface area contributed by atoms with E-state index in [1.165, 1.54) is 11.3 Å². The zero-order valence-electron chi connectivity index (χ0n) is 13.2. The number of rotatable bonds is 6. The molecule has 1 unspecified atom stereocenters. The van der Waals surface area contributed by atoms with Crippen LogP contribution in [-0.4, -0.2) is 25.6 Å². The average Bonchev–Trinajstić information content (AvgIpc) is 2.89. The lowest BCUT2D eigenvalue weighted by molar-refractivity contribution is 0.0957. The van der Waals surface area contributed by atoms with Gasteiger partial charge in [0, 0.05) is 17.5 Å². The van der Waals surface area contributed by atoms with E-state index in [9.17, 15) is 4.79 Å². The van der Waals surface area contributed by atoms with Crippen molar-refractivity contribution in [3.8, 4) is 16.9 Å². The van der Waals surface area contributed by atoms with Crippen molar-refractivity contribution in [3.63, 3.8) is 0 Å². The lowest BCUT2D eigenvalue weighted by Crippen LogP contribution is -2.28. The van der Waals surface area contributed by atoms with Gasteiger partial charge in [-0.3, -0.25) is 4.79 Å². The zero-order valence-corrected chi connectivity index (χ0v) is 14.0. The maximum absolute atomic E-state index is 12.2. The first-order chi connectivity index (χ1) is 10.5. The van der Waals surface area contributed by atoms with Gasteiger partial charge in [-0.05, 0) is 49.6 Å². The third-order valence-electron chi connectivity index (χ3n) is 3.43. The Morgan fingerprint density at radius 3 is 2.64 bits per heavy atom. The summed E-state index contributed by atoms with van der Waals surface area (Å²) in [6.07, 6.45) is 0.779. The number of nitrogens with one attached hydrogen (secondary N) is 1. The molecule has 0 aliphatic heterocycles. The van der Waals surface area contributed by atoms with Crippen LogP contribution in [0.3, 0.4) is 0 Å². The molecular weight excluding hydrogens is 296 g/mol. The molecule has 0 radical (unpaired) electrons. The van der Waals surface area contributed by atoms with Crippen LogP contribution < -0.4 is 15.8 Å². The van der Waals surface area contributed by atoms with Gasteiger partial charge < -0.3 is 15.8 Å². The monoisotopic (exact) mass is 318 g/mol.